The Hall–Kier alpha value is -0.920. The molecule has 0 aromatic rings. The lowest BCUT2D eigenvalue weighted by molar-refractivity contribution is -0.127. The lowest BCUT2D eigenvalue weighted by atomic mass is 9.81. The van der Waals surface area contributed by atoms with Crippen molar-refractivity contribution in [2.45, 2.75) is 19.3 Å². The van der Waals surface area contributed by atoms with Crippen LogP contribution in [0.1, 0.15) is 19.3 Å². The molecule has 0 unspecified atom stereocenters. The van der Waals surface area contributed by atoms with Crippen molar-refractivity contribution in [1.82, 2.24) is 9.62 Å². The Bertz CT molecular complexity index is 572. The second-order valence-corrected chi connectivity index (χ2v) is 8.31. The summed E-state index contributed by atoms with van der Waals surface area (Å²) in [4.78, 5) is 14.4. The zero-order chi connectivity index (χ0) is 15.1. The Balaban J connectivity index is 1.71. The minimum Gasteiger partial charge on any atom is -0.380 e. The van der Waals surface area contributed by atoms with Crippen molar-refractivity contribution >= 4 is 15.9 Å². The van der Waals surface area contributed by atoms with Gasteiger partial charge in [0.2, 0.25) is 15.9 Å². The van der Waals surface area contributed by atoms with E-state index in [1.807, 2.05) is 11.0 Å². The summed E-state index contributed by atoms with van der Waals surface area (Å²) in [5.74, 6) is 0.346. The van der Waals surface area contributed by atoms with Crippen molar-refractivity contribution in [1.29, 1.82) is 0 Å². The minimum absolute atomic E-state index is 0.126. The van der Waals surface area contributed by atoms with E-state index in [0.29, 0.717) is 32.8 Å². The van der Waals surface area contributed by atoms with E-state index in [4.69, 9.17) is 4.74 Å². The lowest BCUT2D eigenvalue weighted by Gasteiger charge is -2.27. The van der Waals surface area contributed by atoms with Crippen LogP contribution in [0.2, 0.25) is 0 Å². The van der Waals surface area contributed by atoms with Crippen LogP contribution < -0.4 is 4.72 Å². The lowest BCUT2D eigenvalue weighted by Crippen LogP contribution is -2.43. The molecule has 0 spiro atoms. The first-order valence-corrected chi connectivity index (χ1v) is 9.29. The van der Waals surface area contributed by atoms with E-state index in [0.717, 1.165) is 31.1 Å². The number of rotatable bonds is 4. The molecule has 0 radical (unpaired) electrons. The molecule has 2 aliphatic heterocycles. The Kier molecular flexibility index (Phi) is 3.83. The van der Waals surface area contributed by atoms with E-state index in [-0.39, 0.29) is 17.2 Å². The number of nitrogens with one attached hydrogen (secondary N) is 1. The molecule has 1 N–H and O–H groups in total. The van der Waals surface area contributed by atoms with Gasteiger partial charge in [0, 0.05) is 36.5 Å². The van der Waals surface area contributed by atoms with Crippen LogP contribution in [0.25, 0.3) is 0 Å². The van der Waals surface area contributed by atoms with Gasteiger partial charge in [0.1, 0.15) is 0 Å². The Morgan fingerprint density at radius 3 is 3.05 bits per heavy atom. The average molecular weight is 314 g/mol. The molecule has 0 aromatic heterocycles. The molecule has 1 aliphatic carbocycles. The standard InChI is InChI=1S/C14H22N2O4S/c1-21(18,19)15-8-14-9-16(6-12(14)7-20-10-14)13(17)11-4-2-3-5-11/h4,12,15H,2-3,5-10H2,1H3/t12-,14+/m1/s1. The molecule has 2 fully saturated rings. The number of hydrogen-bond acceptors (Lipinski definition) is 4. The molecule has 7 heteroatoms. The average Bonchev–Trinajstić information content (AvgIpc) is 3.10. The molecule has 2 atom stereocenters. The predicted octanol–water partition coefficient (Wildman–Crippen LogP) is 0.121. The highest BCUT2D eigenvalue weighted by Gasteiger charge is 2.52. The van der Waals surface area contributed by atoms with Gasteiger partial charge in [-0.15, -0.1) is 0 Å². The number of amides is 1. The van der Waals surface area contributed by atoms with Gasteiger partial charge in [-0.25, -0.2) is 13.1 Å². The third kappa shape index (κ3) is 3.00. The number of sulfonamides is 1. The number of ether oxygens (including phenoxy) is 1. The molecular weight excluding hydrogens is 292 g/mol. The van der Waals surface area contributed by atoms with Gasteiger partial charge < -0.3 is 9.64 Å². The molecule has 2 heterocycles. The van der Waals surface area contributed by atoms with Crippen LogP contribution in [0.4, 0.5) is 0 Å². The van der Waals surface area contributed by atoms with Crippen LogP contribution in [-0.2, 0) is 19.6 Å². The van der Waals surface area contributed by atoms with Gasteiger partial charge in [-0.3, -0.25) is 4.79 Å². The quantitative estimate of drug-likeness (QED) is 0.800. The van der Waals surface area contributed by atoms with Crippen LogP contribution in [0.5, 0.6) is 0 Å². The molecule has 2 saturated heterocycles. The highest BCUT2D eigenvalue weighted by molar-refractivity contribution is 7.88. The van der Waals surface area contributed by atoms with Crippen molar-refractivity contribution in [2.75, 3.05) is 39.1 Å². The SMILES string of the molecule is CS(=O)(=O)NC[C@]12COC[C@H]1CN(C(=O)C1=CCCC1)C2. The molecular formula is C14H22N2O4S. The molecule has 21 heavy (non-hydrogen) atoms. The molecule has 1 amide bonds. The van der Waals surface area contributed by atoms with Crippen molar-refractivity contribution in [3.05, 3.63) is 11.6 Å². The maximum absolute atomic E-state index is 12.5. The van der Waals surface area contributed by atoms with Crippen molar-refractivity contribution < 1.29 is 17.9 Å². The van der Waals surface area contributed by atoms with Gasteiger partial charge in [-0.1, -0.05) is 6.08 Å². The monoisotopic (exact) mass is 314 g/mol. The van der Waals surface area contributed by atoms with Gasteiger partial charge in [0.05, 0.1) is 19.5 Å². The first kappa shape index (κ1) is 15.0. The summed E-state index contributed by atoms with van der Waals surface area (Å²) in [6.45, 7) is 2.72. The highest BCUT2D eigenvalue weighted by Crippen LogP contribution is 2.41. The number of likely N-dealkylation sites (tertiary alicyclic amines) is 1. The second kappa shape index (κ2) is 5.37. The van der Waals surface area contributed by atoms with Crippen LogP contribution in [0.15, 0.2) is 11.6 Å². The zero-order valence-electron chi connectivity index (χ0n) is 12.3. The number of nitrogens with zero attached hydrogens (tertiary/aromatic N) is 1. The summed E-state index contributed by atoms with van der Waals surface area (Å²) in [6.07, 6.45) is 6.11. The van der Waals surface area contributed by atoms with Crippen LogP contribution >= 0.6 is 0 Å². The van der Waals surface area contributed by atoms with Crippen LogP contribution in [0.3, 0.4) is 0 Å². The van der Waals surface area contributed by atoms with Gasteiger partial charge in [-0.2, -0.15) is 0 Å². The van der Waals surface area contributed by atoms with Gasteiger partial charge in [0.15, 0.2) is 0 Å². The number of carbonyl (C=O) groups excluding carboxylic acids is 1. The zero-order valence-corrected chi connectivity index (χ0v) is 13.1. The first-order chi connectivity index (χ1) is 9.90. The maximum atomic E-state index is 12.5. The third-order valence-electron chi connectivity index (χ3n) is 4.81. The number of fused-ring (bicyclic) bond motifs is 1. The molecule has 0 bridgehead atoms. The Labute approximate surface area is 125 Å². The van der Waals surface area contributed by atoms with Gasteiger partial charge >= 0.3 is 0 Å². The molecule has 118 valence electrons. The van der Waals surface area contributed by atoms with E-state index < -0.39 is 10.0 Å². The normalized spacial score (nSPS) is 32.3. The molecule has 6 nitrogen and oxygen atoms in total. The summed E-state index contributed by atoms with van der Waals surface area (Å²) < 4.78 is 30.9. The van der Waals surface area contributed by atoms with Gasteiger partial charge in [0.25, 0.3) is 0 Å². The summed E-state index contributed by atoms with van der Waals surface area (Å²) >= 11 is 0. The van der Waals surface area contributed by atoms with Crippen molar-refractivity contribution in [3.8, 4) is 0 Å². The molecule has 0 aromatic carbocycles. The number of carbonyl (C=O) groups is 1. The largest absolute Gasteiger partial charge is 0.380 e. The fourth-order valence-corrected chi connectivity index (χ4v) is 4.13. The Morgan fingerprint density at radius 1 is 1.57 bits per heavy atom. The summed E-state index contributed by atoms with van der Waals surface area (Å²) in [5, 5.41) is 0. The van der Waals surface area contributed by atoms with E-state index in [1.165, 1.54) is 0 Å². The highest BCUT2D eigenvalue weighted by atomic mass is 32.2. The van der Waals surface area contributed by atoms with Crippen molar-refractivity contribution in [3.63, 3.8) is 0 Å². The number of hydrogen-bond donors (Lipinski definition) is 1. The first-order valence-electron chi connectivity index (χ1n) is 7.40. The fourth-order valence-electron chi connectivity index (χ4n) is 3.58. The molecule has 3 aliphatic rings. The predicted molar refractivity (Wildman–Crippen MR) is 78.1 cm³/mol. The van der Waals surface area contributed by atoms with E-state index in [2.05, 4.69) is 4.72 Å². The van der Waals surface area contributed by atoms with E-state index in [9.17, 15) is 13.2 Å². The third-order valence-corrected chi connectivity index (χ3v) is 5.48. The van der Waals surface area contributed by atoms with Crippen molar-refractivity contribution in [2.24, 2.45) is 11.3 Å². The van der Waals surface area contributed by atoms with E-state index in [1.54, 1.807) is 0 Å². The second-order valence-electron chi connectivity index (χ2n) is 6.47. The maximum Gasteiger partial charge on any atom is 0.249 e. The topological polar surface area (TPSA) is 75.7 Å². The number of allylic oxidation sites excluding steroid dienone is 1. The summed E-state index contributed by atoms with van der Waals surface area (Å²) in [5.41, 5.74) is 0.653. The summed E-state index contributed by atoms with van der Waals surface area (Å²) in [7, 11) is -3.23. The molecule has 3 rings (SSSR count). The fraction of sp³-hybridized carbons (Fsp3) is 0.786. The minimum atomic E-state index is -3.23. The van der Waals surface area contributed by atoms with Gasteiger partial charge in [-0.05, 0) is 19.3 Å². The smallest absolute Gasteiger partial charge is 0.249 e. The van der Waals surface area contributed by atoms with Crippen LogP contribution in [0, 0.1) is 11.3 Å². The molecule has 0 saturated carbocycles. The van der Waals surface area contributed by atoms with E-state index >= 15 is 0 Å². The Morgan fingerprint density at radius 2 is 2.38 bits per heavy atom. The van der Waals surface area contributed by atoms with Crippen LogP contribution in [-0.4, -0.2) is 58.3 Å². The summed E-state index contributed by atoms with van der Waals surface area (Å²) in [6, 6.07) is 0.